The number of nitrogens with zero attached hydrogens (tertiary/aromatic N) is 2. The molecule has 3 rings (SSSR count). The second-order valence-electron chi connectivity index (χ2n) is 11.4. The van der Waals surface area contributed by atoms with Crippen molar-refractivity contribution in [1.29, 1.82) is 0 Å². The lowest BCUT2D eigenvalue weighted by Gasteiger charge is -2.37. The van der Waals surface area contributed by atoms with Crippen LogP contribution in [0.3, 0.4) is 0 Å². The predicted molar refractivity (Wildman–Crippen MR) is 173 cm³/mol. The number of amides is 4. The van der Waals surface area contributed by atoms with Gasteiger partial charge in [0.1, 0.15) is 18.1 Å². The van der Waals surface area contributed by atoms with Gasteiger partial charge in [-0.1, -0.05) is 30.3 Å². The van der Waals surface area contributed by atoms with E-state index in [-0.39, 0.29) is 38.3 Å². The molecule has 0 saturated carbocycles. The number of carboxylic acid groups (broad SMARTS) is 2. The molecule has 18 heteroatoms. The number of guanidine groups is 1. The van der Waals surface area contributed by atoms with Gasteiger partial charge in [-0.05, 0) is 41.7 Å². The number of phenols is 2. The summed E-state index contributed by atoms with van der Waals surface area (Å²) in [6.45, 7) is -0.697. The number of carboxylic acids is 2. The molecule has 2 aromatic rings. The first kappa shape index (κ1) is 37.5. The standard InChI is InChI=1S/C31H40N8O10/c32-19(7-4-8-35-31(33)34)27(45)36-14-25(42)37-20(13-26(43)44)28(46)38-21(9-16-5-2-1-3-6-16)29(47)39-15-18-12-24(41)23(40)11-17(18)10-22(39)30(48)49/h1-3,5-6,11-12,19-22,40-41H,4,7-10,13-15,32H2,(H,36,45)(H,37,42)(H,38,46)(H,43,44)(H,48,49)(H4,33,34,35)/t19-,20-,21-,22?/m0/s1. The molecule has 0 aromatic heterocycles. The fourth-order valence-electron chi connectivity index (χ4n) is 5.17. The molecule has 0 bridgehead atoms. The molecule has 49 heavy (non-hydrogen) atoms. The number of aliphatic carboxylic acids is 2. The maximum Gasteiger partial charge on any atom is 0.326 e. The van der Waals surface area contributed by atoms with Gasteiger partial charge < -0.3 is 58.5 Å². The minimum absolute atomic E-state index is 0.116. The van der Waals surface area contributed by atoms with Gasteiger partial charge in [0.15, 0.2) is 17.5 Å². The number of carbonyl (C=O) groups is 6. The lowest BCUT2D eigenvalue weighted by Crippen LogP contribution is -2.59. The number of fused-ring (bicyclic) bond motifs is 1. The van der Waals surface area contributed by atoms with Crippen LogP contribution in [0.4, 0.5) is 0 Å². The van der Waals surface area contributed by atoms with Crippen molar-refractivity contribution in [1.82, 2.24) is 20.9 Å². The van der Waals surface area contributed by atoms with Gasteiger partial charge in [0.05, 0.1) is 19.0 Å². The van der Waals surface area contributed by atoms with Gasteiger partial charge in [-0.15, -0.1) is 0 Å². The number of nitrogens with two attached hydrogens (primary N) is 3. The summed E-state index contributed by atoms with van der Waals surface area (Å²) in [5.74, 6) is -7.35. The van der Waals surface area contributed by atoms with E-state index in [2.05, 4.69) is 20.9 Å². The highest BCUT2D eigenvalue weighted by Crippen LogP contribution is 2.33. The second-order valence-corrected chi connectivity index (χ2v) is 11.4. The third-order valence-corrected chi connectivity index (χ3v) is 7.65. The van der Waals surface area contributed by atoms with E-state index in [1.165, 1.54) is 12.1 Å². The minimum Gasteiger partial charge on any atom is -0.504 e. The van der Waals surface area contributed by atoms with Crippen LogP contribution in [-0.4, -0.2) is 104 Å². The summed E-state index contributed by atoms with van der Waals surface area (Å²) in [7, 11) is 0. The molecule has 1 unspecified atom stereocenters. The number of carbonyl (C=O) groups excluding carboxylic acids is 4. The summed E-state index contributed by atoms with van der Waals surface area (Å²) in [6.07, 6.45) is -0.655. The van der Waals surface area contributed by atoms with Crippen molar-refractivity contribution in [2.24, 2.45) is 22.2 Å². The van der Waals surface area contributed by atoms with Crippen LogP contribution in [0.5, 0.6) is 11.5 Å². The molecule has 0 spiro atoms. The highest BCUT2D eigenvalue weighted by atomic mass is 16.4. The molecule has 264 valence electrons. The van der Waals surface area contributed by atoms with Crippen LogP contribution in [0.25, 0.3) is 0 Å². The zero-order valence-corrected chi connectivity index (χ0v) is 26.4. The summed E-state index contributed by atoms with van der Waals surface area (Å²) < 4.78 is 0. The Morgan fingerprint density at radius 1 is 0.918 bits per heavy atom. The fourth-order valence-corrected chi connectivity index (χ4v) is 5.17. The van der Waals surface area contributed by atoms with E-state index in [1.807, 2.05) is 0 Å². The molecule has 18 nitrogen and oxygen atoms in total. The average Bonchev–Trinajstić information content (AvgIpc) is 3.04. The number of phenolic OH excluding ortho intramolecular Hbond substituents is 2. The maximum atomic E-state index is 14.0. The van der Waals surface area contributed by atoms with E-state index in [9.17, 15) is 49.2 Å². The Morgan fingerprint density at radius 3 is 2.18 bits per heavy atom. The number of hydrogen-bond acceptors (Lipinski definition) is 10. The number of benzene rings is 2. The molecule has 2 aromatic carbocycles. The normalized spacial score (nSPS) is 15.4. The van der Waals surface area contributed by atoms with E-state index in [0.29, 0.717) is 23.1 Å². The van der Waals surface area contributed by atoms with Crippen LogP contribution >= 0.6 is 0 Å². The van der Waals surface area contributed by atoms with Crippen LogP contribution in [-0.2, 0) is 48.2 Å². The summed E-state index contributed by atoms with van der Waals surface area (Å²) in [6, 6.07) is 5.32. The summed E-state index contributed by atoms with van der Waals surface area (Å²) in [5.41, 5.74) is 17.7. The van der Waals surface area contributed by atoms with Gasteiger partial charge in [-0.2, -0.15) is 0 Å². The van der Waals surface area contributed by atoms with Crippen molar-refractivity contribution in [3.05, 3.63) is 59.2 Å². The molecular weight excluding hydrogens is 644 g/mol. The van der Waals surface area contributed by atoms with Gasteiger partial charge in [0, 0.05) is 25.9 Å². The van der Waals surface area contributed by atoms with E-state index in [4.69, 9.17) is 17.2 Å². The SMILES string of the molecule is NC(N)=NCCC[C@H](N)C(=O)NCC(=O)N[C@@H](CC(=O)O)C(=O)N[C@@H](Cc1ccccc1)C(=O)N1Cc2cc(O)c(O)cc2CC1C(=O)O. The maximum absolute atomic E-state index is 14.0. The van der Waals surface area contributed by atoms with Crippen LogP contribution in [0.1, 0.15) is 36.0 Å². The molecule has 1 heterocycles. The van der Waals surface area contributed by atoms with Gasteiger partial charge in [0.25, 0.3) is 0 Å². The van der Waals surface area contributed by atoms with Crippen LogP contribution < -0.4 is 33.2 Å². The van der Waals surface area contributed by atoms with Crippen molar-refractivity contribution >= 4 is 41.5 Å². The van der Waals surface area contributed by atoms with Gasteiger partial charge in [-0.3, -0.25) is 29.0 Å². The Labute approximate surface area is 280 Å². The minimum atomic E-state index is -1.70. The van der Waals surface area contributed by atoms with Crippen molar-refractivity contribution in [2.75, 3.05) is 13.1 Å². The van der Waals surface area contributed by atoms with Crippen molar-refractivity contribution in [2.45, 2.75) is 62.8 Å². The van der Waals surface area contributed by atoms with E-state index in [0.717, 1.165) is 4.90 Å². The quantitative estimate of drug-likeness (QED) is 0.0383. The lowest BCUT2D eigenvalue weighted by molar-refractivity contribution is -0.153. The number of aromatic hydroxyl groups is 2. The zero-order chi connectivity index (χ0) is 36.2. The van der Waals surface area contributed by atoms with Crippen LogP contribution in [0, 0.1) is 0 Å². The molecule has 1 aliphatic heterocycles. The predicted octanol–water partition coefficient (Wildman–Crippen LogP) is -2.38. The average molecular weight is 685 g/mol. The van der Waals surface area contributed by atoms with Crippen molar-refractivity contribution in [3.63, 3.8) is 0 Å². The molecule has 0 aliphatic carbocycles. The molecule has 0 radical (unpaired) electrons. The Kier molecular flexibility index (Phi) is 13.3. The van der Waals surface area contributed by atoms with Gasteiger partial charge in [-0.25, -0.2) is 4.79 Å². The first-order valence-corrected chi connectivity index (χ1v) is 15.2. The molecule has 13 N–H and O–H groups in total. The van der Waals surface area contributed by atoms with Gasteiger partial charge >= 0.3 is 11.9 Å². The number of rotatable bonds is 16. The third-order valence-electron chi connectivity index (χ3n) is 7.65. The smallest absolute Gasteiger partial charge is 0.326 e. The molecule has 1 aliphatic rings. The van der Waals surface area contributed by atoms with E-state index in [1.54, 1.807) is 30.3 Å². The summed E-state index contributed by atoms with van der Waals surface area (Å²) >= 11 is 0. The summed E-state index contributed by atoms with van der Waals surface area (Å²) in [5, 5.41) is 46.4. The monoisotopic (exact) mass is 684 g/mol. The van der Waals surface area contributed by atoms with Crippen molar-refractivity contribution < 1.29 is 49.2 Å². The first-order valence-electron chi connectivity index (χ1n) is 15.2. The molecule has 4 atom stereocenters. The Bertz CT molecular complexity index is 1580. The second kappa shape index (κ2) is 17.3. The summed E-state index contributed by atoms with van der Waals surface area (Å²) in [4.78, 5) is 81.2. The van der Waals surface area contributed by atoms with E-state index >= 15 is 0 Å². The van der Waals surface area contributed by atoms with Crippen molar-refractivity contribution in [3.8, 4) is 11.5 Å². The topological polar surface area (TPSA) is 313 Å². The highest BCUT2D eigenvalue weighted by molar-refractivity contribution is 5.96. The molecule has 0 fully saturated rings. The fraction of sp³-hybridized carbons (Fsp3) is 0.387. The number of aliphatic imine (C=N–C) groups is 1. The molecule has 4 amide bonds. The number of nitrogens with one attached hydrogen (secondary N) is 3. The highest BCUT2D eigenvalue weighted by Gasteiger charge is 2.39. The number of hydrogen-bond donors (Lipinski definition) is 10. The lowest BCUT2D eigenvalue weighted by atomic mass is 9.92. The zero-order valence-electron chi connectivity index (χ0n) is 26.4. The first-order chi connectivity index (χ1) is 23.2. The Hall–Kier alpha value is -5.91. The molecule has 0 saturated heterocycles. The Morgan fingerprint density at radius 2 is 1.57 bits per heavy atom. The largest absolute Gasteiger partial charge is 0.504 e. The van der Waals surface area contributed by atoms with Crippen LogP contribution in [0.2, 0.25) is 0 Å². The third kappa shape index (κ3) is 11.1. The van der Waals surface area contributed by atoms with E-state index < -0.39 is 84.2 Å². The van der Waals surface area contributed by atoms with Gasteiger partial charge in [0.2, 0.25) is 23.6 Å². The molecular formula is C31H40N8O10. The van der Waals surface area contributed by atoms with Crippen LogP contribution in [0.15, 0.2) is 47.5 Å². The Balaban J connectivity index is 1.77.